The van der Waals surface area contributed by atoms with Gasteiger partial charge in [0.2, 0.25) is 0 Å². The molecule has 0 spiro atoms. The van der Waals surface area contributed by atoms with Gasteiger partial charge in [0, 0.05) is 39.4 Å². The highest BCUT2D eigenvalue weighted by molar-refractivity contribution is 6.12. The van der Waals surface area contributed by atoms with E-state index in [4.69, 9.17) is 9.47 Å². The lowest BCUT2D eigenvalue weighted by molar-refractivity contribution is 0.362. The van der Waals surface area contributed by atoms with Crippen LogP contribution in [0.15, 0.2) is 243 Å². The van der Waals surface area contributed by atoms with Gasteiger partial charge in [-0.2, -0.15) is 0 Å². The molecule has 0 bridgehead atoms. The van der Waals surface area contributed by atoms with E-state index in [0.717, 1.165) is 61.6 Å². The zero-order valence-corrected chi connectivity index (χ0v) is 33.8. The minimum Gasteiger partial charge on any atom is -0.449 e. The molecule has 0 fully saturated rings. The van der Waals surface area contributed by atoms with Crippen LogP contribution in [-0.2, 0) is 0 Å². The minimum absolute atomic E-state index is 0.655. The highest BCUT2D eigenvalue weighted by Crippen LogP contribution is 2.59. The second-order valence-corrected chi connectivity index (χ2v) is 15.3. The summed E-state index contributed by atoms with van der Waals surface area (Å²) in [7, 11) is 0. The number of hydrogen-bond acceptors (Lipinski definition) is 4. The molecule has 0 saturated heterocycles. The molecule has 0 N–H and O–H groups in total. The smallest absolute Gasteiger partial charge is 0.195 e. The number of ether oxygens (including phenoxy) is 2. The van der Waals surface area contributed by atoms with Gasteiger partial charge in [-0.1, -0.05) is 170 Å². The molecule has 0 atom stereocenters. The Labute approximate surface area is 361 Å². The van der Waals surface area contributed by atoms with Crippen LogP contribution in [-0.4, -0.2) is 0 Å². The van der Waals surface area contributed by atoms with Crippen molar-refractivity contribution in [2.24, 2.45) is 0 Å². The summed E-state index contributed by atoms with van der Waals surface area (Å²) in [5.41, 5.74) is 12.8. The lowest BCUT2D eigenvalue weighted by Crippen LogP contribution is -2.14. The van der Waals surface area contributed by atoms with Gasteiger partial charge in [0.05, 0.1) is 0 Å². The zero-order valence-electron chi connectivity index (χ0n) is 33.8. The van der Waals surface area contributed by atoms with Crippen molar-refractivity contribution in [1.29, 1.82) is 0 Å². The Morgan fingerprint density at radius 3 is 1.08 bits per heavy atom. The largest absolute Gasteiger partial charge is 0.449 e. The molecular weight excluding hydrogens is 757 g/mol. The van der Waals surface area contributed by atoms with E-state index in [1.165, 1.54) is 16.7 Å². The van der Waals surface area contributed by atoms with Gasteiger partial charge >= 0.3 is 0 Å². The van der Waals surface area contributed by atoms with E-state index in [2.05, 4.69) is 222 Å². The quantitative estimate of drug-likeness (QED) is 0.145. The molecule has 0 radical (unpaired) electrons. The fraction of sp³-hybridized carbons (Fsp3) is 0. The molecule has 0 unspecified atom stereocenters. The Morgan fingerprint density at radius 1 is 0.242 bits per heavy atom. The number of rotatable bonds is 9. The van der Waals surface area contributed by atoms with Crippen molar-refractivity contribution in [3.63, 3.8) is 0 Å². The van der Waals surface area contributed by atoms with Gasteiger partial charge in [0.25, 0.3) is 0 Å². The Balaban J connectivity index is 1.07. The third kappa shape index (κ3) is 6.80. The standard InChI is InChI=1S/C58H40N2O2/c1-5-17-41(18-6-1)43-29-35-48(36-30-43)59(46-21-9-3-10-22-46)49-39-33-45(34-40-49)55-51-25-13-14-26-52(51)56(58-57(55)61-53-27-15-16-28-54(53)62-58)60(47-23-11-4-12-24-47)50-37-31-44(32-38-50)42-19-7-2-8-20-42/h1-40H. The summed E-state index contributed by atoms with van der Waals surface area (Å²) in [6.07, 6.45) is 0. The molecule has 1 aliphatic heterocycles. The van der Waals surface area contributed by atoms with E-state index in [0.29, 0.717) is 23.0 Å². The average molecular weight is 797 g/mol. The predicted molar refractivity (Wildman–Crippen MR) is 256 cm³/mol. The summed E-state index contributed by atoms with van der Waals surface area (Å²) in [5, 5.41) is 2.09. The van der Waals surface area contributed by atoms with Crippen molar-refractivity contribution >= 4 is 44.9 Å². The molecule has 62 heavy (non-hydrogen) atoms. The fourth-order valence-electron chi connectivity index (χ4n) is 8.57. The number of hydrogen-bond donors (Lipinski definition) is 0. The maximum atomic E-state index is 7.04. The van der Waals surface area contributed by atoms with Gasteiger partial charge in [-0.3, -0.25) is 0 Å². The third-order valence-electron chi connectivity index (χ3n) is 11.5. The highest BCUT2D eigenvalue weighted by atomic mass is 16.6. The van der Waals surface area contributed by atoms with Gasteiger partial charge < -0.3 is 19.3 Å². The van der Waals surface area contributed by atoms with Crippen LogP contribution in [0.25, 0.3) is 44.2 Å². The van der Waals surface area contributed by atoms with E-state index < -0.39 is 0 Å². The van der Waals surface area contributed by atoms with E-state index in [1.807, 2.05) is 30.3 Å². The summed E-state index contributed by atoms with van der Waals surface area (Å²) < 4.78 is 14.1. The lowest BCUT2D eigenvalue weighted by Gasteiger charge is -2.33. The number of nitrogens with zero attached hydrogens (tertiary/aromatic N) is 2. The summed E-state index contributed by atoms with van der Waals surface area (Å²) >= 11 is 0. The molecular formula is C58H40N2O2. The molecule has 10 aromatic carbocycles. The second-order valence-electron chi connectivity index (χ2n) is 15.3. The lowest BCUT2D eigenvalue weighted by atomic mass is 9.93. The molecule has 11 rings (SSSR count). The normalized spacial score (nSPS) is 11.5. The van der Waals surface area contributed by atoms with Crippen LogP contribution < -0.4 is 19.3 Å². The second kappa shape index (κ2) is 16.0. The highest BCUT2D eigenvalue weighted by Gasteiger charge is 2.32. The zero-order chi connectivity index (χ0) is 41.2. The molecule has 0 amide bonds. The summed E-state index contributed by atoms with van der Waals surface area (Å²) in [6.45, 7) is 0. The van der Waals surface area contributed by atoms with E-state index >= 15 is 0 Å². The van der Waals surface area contributed by atoms with Crippen LogP contribution in [0.3, 0.4) is 0 Å². The van der Waals surface area contributed by atoms with Crippen LogP contribution in [0.1, 0.15) is 0 Å². The third-order valence-corrected chi connectivity index (χ3v) is 11.5. The van der Waals surface area contributed by atoms with Crippen LogP contribution in [0.2, 0.25) is 0 Å². The van der Waals surface area contributed by atoms with Gasteiger partial charge in [0.1, 0.15) is 5.69 Å². The Hall–Kier alpha value is -8.34. The molecule has 294 valence electrons. The van der Waals surface area contributed by atoms with Crippen LogP contribution in [0.5, 0.6) is 23.0 Å². The number of benzene rings is 10. The number of fused-ring (bicyclic) bond motifs is 3. The minimum atomic E-state index is 0.655. The first-order valence-electron chi connectivity index (χ1n) is 20.9. The van der Waals surface area contributed by atoms with Gasteiger partial charge in [-0.05, 0) is 106 Å². The van der Waals surface area contributed by atoms with Crippen molar-refractivity contribution in [2.45, 2.75) is 0 Å². The molecule has 0 aliphatic carbocycles. The van der Waals surface area contributed by atoms with Crippen LogP contribution in [0.4, 0.5) is 34.1 Å². The first-order valence-corrected chi connectivity index (χ1v) is 20.9. The van der Waals surface area contributed by atoms with E-state index in [1.54, 1.807) is 0 Å². The Kier molecular flexibility index (Phi) is 9.49. The topological polar surface area (TPSA) is 24.9 Å². The van der Waals surface area contributed by atoms with E-state index in [-0.39, 0.29) is 0 Å². The van der Waals surface area contributed by atoms with Crippen LogP contribution in [0, 0.1) is 0 Å². The van der Waals surface area contributed by atoms with Crippen molar-refractivity contribution in [3.8, 4) is 56.4 Å². The van der Waals surface area contributed by atoms with Gasteiger partial charge in [-0.25, -0.2) is 0 Å². The maximum Gasteiger partial charge on any atom is 0.195 e. The first-order chi connectivity index (χ1) is 30.8. The monoisotopic (exact) mass is 796 g/mol. The van der Waals surface area contributed by atoms with Crippen molar-refractivity contribution in [3.05, 3.63) is 243 Å². The van der Waals surface area contributed by atoms with Crippen molar-refractivity contribution in [2.75, 3.05) is 9.80 Å². The van der Waals surface area contributed by atoms with Crippen molar-refractivity contribution < 1.29 is 9.47 Å². The average Bonchev–Trinajstić information content (AvgIpc) is 3.35. The number of para-hydroxylation sites is 4. The predicted octanol–water partition coefficient (Wildman–Crippen LogP) is 16.7. The van der Waals surface area contributed by atoms with Gasteiger partial charge in [0.15, 0.2) is 23.0 Å². The molecule has 1 aliphatic rings. The van der Waals surface area contributed by atoms with Crippen molar-refractivity contribution in [1.82, 2.24) is 0 Å². The van der Waals surface area contributed by atoms with E-state index in [9.17, 15) is 0 Å². The SMILES string of the molecule is c1ccc(-c2ccc(N(c3ccccc3)c3ccc(-c4c5c(c(N(c6ccccc6)c6ccc(-c7ccccc7)cc6)c6ccccc46)Oc4ccccc4O5)cc3)cc2)cc1. The summed E-state index contributed by atoms with van der Waals surface area (Å²) in [4.78, 5) is 4.59. The fourth-order valence-corrected chi connectivity index (χ4v) is 8.57. The molecule has 0 aromatic heterocycles. The van der Waals surface area contributed by atoms with Gasteiger partial charge in [-0.15, -0.1) is 0 Å². The maximum absolute atomic E-state index is 7.04. The number of anilines is 6. The Bertz CT molecular complexity index is 3140. The molecule has 10 aromatic rings. The Morgan fingerprint density at radius 2 is 0.581 bits per heavy atom. The molecule has 1 heterocycles. The first kappa shape index (κ1) is 36.7. The summed E-state index contributed by atoms with van der Waals surface area (Å²) in [5.74, 6) is 2.67. The molecule has 4 nitrogen and oxygen atoms in total. The molecule has 4 heteroatoms. The van der Waals surface area contributed by atoms with Crippen LogP contribution >= 0.6 is 0 Å². The summed E-state index contributed by atoms with van der Waals surface area (Å²) in [6, 6.07) is 84.8. The molecule has 0 saturated carbocycles.